The highest BCUT2D eigenvalue weighted by Gasteiger charge is 2.16. The Bertz CT molecular complexity index is 1220. The summed E-state index contributed by atoms with van der Waals surface area (Å²) >= 11 is 2.45. The maximum atomic E-state index is 14.1. The Balaban J connectivity index is 1.61. The third kappa shape index (κ3) is 4.38. The smallest absolute Gasteiger partial charge is 0.272 e. The molecule has 0 saturated heterocycles. The zero-order chi connectivity index (χ0) is 20.2. The second-order valence-electron chi connectivity index (χ2n) is 6.21. The number of thioether (sulfide) groups is 1. The zero-order valence-electron chi connectivity index (χ0n) is 15.2. The fourth-order valence-corrected chi connectivity index (χ4v) is 4.40. The first-order valence-corrected chi connectivity index (χ1v) is 10.7. The average Bonchev–Trinajstić information content (AvgIpc) is 3.20. The number of nitrogens with one attached hydrogen (secondary N) is 1. The maximum Gasteiger partial charge on any atom is 0.272 e. The van der Waals surface area contributed by atoms with E-state index in [0.717, 1.165) is 11.8 Å². The van der Waals surface area contributed by atoms with Crippen LogP contribution in [-0.4, -0.2) is 21.2 Å². The first-order valence-electron chi connectivity index (χ1n) is 8.81. The van der Waals surface area contributed by atoms with Gasteiger partial charge in [-0.1, -0.05) is 48.2 Å². The number of anilines is 1. The number of amides is 1. The molecule has 0 spiro atoms. The lowest BCUT2D eigenvalue weighted by molar-refractivity contribution is -0.113. The number of thiophene rings is 1. The van der Waals surface area contributed by atoms with Crippen LogP contribution in [0.15, 0.2) is 76.0 Å². The number of benzene rings is 2. The average molecular weight is 426 g/mol. The molecule has 4 aromatic rings. The number of para-hydroxylation sites is 1. The normalized spacial score (nSPS) is 10.9. The van der Waals surface area contributed by atoms with Gasteiger partial charge in [-0.05, 0) is 29.6 Å². The van der Waals surface area contributed by atoms with E-state index in [1.165, 1.54) is 22.0 Å². The van der Waals surface area contributed by atoms with E-state index >= 15 is 0 Å². The molecule has 0 aliphatic heterocycles. The van der Waals surface area contributed by atoms with Crippen molar-refractivity contribution in [1.82, 2.24) is 9.55 Å². The van der Waals surface area contributed by atoms with E-state index in [9.17, 15) is 14.0 Å². The van der Waals surface area contributed by atoms with Gasteiger partial charge in [0.2, 0.25) is 5.91 Å². The predicted molar refractivity (Wildman–Crippen MR) is 115 cm³/mol. The largest absolute Gasteiger partial charge is 0.325 e. The molecule has 0 radical (unpaired) electrons. The van der Waals surface area contributed by atoms with Crippen LogP contribution in [0.4, 0.5) is 10.1 Å². The van der Waals surface area contributed by atoms with Crippen LogP contribution in [0.5, 0.6) is 0 Å². The molecule has 0 aliphatic rings. The standard InChI is InChI=1S/C21H16FN3O2S2/c22-16-9-5-4-6-14(16)12-25-20(27)19-17(10-11-28-19)24-21(25)29-13-18(26)23-15-7-2-1-3-8-15/h1-11H,12-13H2,(H,23,26). The first kappa shape index (κ1) is 19.4. The van der Waals surface area contributed by atoms with Gasteiger partial charge in [0.1, 0.15) is 10.5 Å². The molecule has 2 aromatic heterocycles. The zero-order valence-corrected chi connectivity index (χ0v) is 16.8. The van der Waals surface area contributed by atoms with Gasteiger partial charge in [-0.2, -0.15) is 0 Å². The molecule has 4 rings (SSSR count). The van der Waals surface area contributed by atoms with Gasteiger partial charge >= 0.3 is 0 Å². The van der Waals surface area contributed by atoms with Crippen LogP contribution in [0, 0.1) is 5.82 Å². The van der Waals surface area contributed by atoms with Gasteiger partial charge in [0.25, 0.3) is 5.56 Å². The lowest BCUT2D eigenvalue weighted by Gasteiger charge is -2.12. The van der Waals surface area contributed by atoms with Gasteiger partial charge in [-0.15, -0.1) is 11.3 Å². The maximum absolute atomic E-state index is 14.1. The summed E-state index contributed by atoms with van der Waals surface area (Å²) in [6, 6.07) is 17.2. The predicted octanol–water partition coefficient (Wildman–Crippen LogP) is 4.38. The van der Waals surface area contributed by atoms with E-state index in [0.29, 0.717) is 26.6 Å². The number of halogens is 1. The molecule has 2 aromatic carbocycles. The van der Waals surface area contributed by atoms with Crippen LogP contribution in [0.1, 0.15) is 5.56 Å². The molecule has 146 valence electrons. The summed E-state index contributed by atoms with van der Waals surface area (Å²) in [4.78, 5) is 29.8. The van der Waals surface area contributed by atoms with Crippen molar-refractivity contribution in [2.24, 2.45) is 0 Å². The van der Waals surface area contributed by atoms with Crippen molar-refractivity contribution in [2.45, 2.75) is 11.7 Å². The number of carbonyl (C=O) groups is 1. The number of hydrogen-bond acceptors (Lipinski definition) is 5. The van der Waals surface area contributed by atoms with E-state index in [-0.39, 0.29) is 29.6 Å². The van der Waals surface area contributed by atoms with E-state index in [4.69, 9.17) is 0 Å². The molecule has 2 heterocycles. The molecule has 5 nitrogen and oxygen atoms in total. The van der Waals surface area contributed by atoms with Gasteiger partial charge < -0.3 is 5.32 Å². The number of carbonyl (C=O) groups excluding carboxylic acids is 1. The topological polar surface area (TPSA) is 64.0 Å². The number of aromatic nitrogens is 2. The van der Waals surface area contributed by atoms with Crippen molar-refractivity contribution in [3.05, 3.63) is 87.8 Å². The number of nitrogens with zero attached hydrogens (tertiary/aromatic N) is 2. The lowest BCUT2D eigenvalue weighted by Crippen LogP contribution is -2.24. The summed E-state index contributed by atoms with van der Waals surface area (Å²) in [5, 5.41) is 4.98. The van der Waals surface area contributed by atoms with Crippen molar-refractivity contribution in [2.75, 3.05) is 11.1 Å². The summed E-state index contributed by atoms with van der Waals surface area (Å²) in [5.74, 6) is -0.518. The fourth-order valence-electron chi connectivity index (χ4n) is 2.82. The third-order valence-corrected chi connectivity index (χ3v) is 6.08. The Morgan fingerprint density at radius 3 is 2.66 bits per heavy atom. The highest BCUT2D eigenvalue weighted by atomic mass is 32.2. The quantitative estimate of drug-likeness (QED) is 0.368. The fraction of sp³-hybridized carbons (Fsp3) is 0.0952. The van der Waals surface area contributed by atoms with E-state index in [1.54, 1.807) is 41.8 Å². The molecule has 0 unspecified atom stereocenters. The van der Waals surface area contributed by atoms with Crippen LogP contribution in [-0.2, 0) is 11.3 Å². The van der Waals surface area contributed by atoms with Crippen LogP contribution in [0.25, 0.3) is 10.2 Å². The molecule has 0 bridgehead atoms. The number of fused-ring (bicyclic) bond motifs is 1. The van der Waals surface area contributed by atoms with Crippen molar-refractivity contribution in [3.8, 4) is 0 Å². The van der Waals surface area contributed by atoms with Gasteiger partial charge in [0.15, 0.2) is 5.16 Å². The van der Waals surface area contributed by atoms with Crippen LogP contribution in [0.2, 0.25) is 0 Å². The number of rotatable bonds is 6. The SMILES string of the molecule is O=C(CSc1nc2ccsc2c(=O)n1Cc1ccccc1F)Nc1ccccc1. The minimum Gasteiger partial charge on any atom is -0.325 e. The molecule has 1 amide bonds. The third-order valence-electron chi connectivity index (χ3n) is 4.21. The van der Waals surface area contributed by atoms with Gasteiger partial charge in [0.05, 0.1) is 17.8 Å². The monoisotopic (exact) mass is 425 g/mol. The lowest BCUT2D eigenvalue weighted by atomic mass is 10.2. The Hall–Kier alpha value is -2.97. The van der Waals surface area contributed by atoms with Crippen LogP contribution < -0.4 is 10.9 Å². The van der Waals surface area contributed by atoms with Gasteiger partial charge in [-0.3, -0.25) is 14.2 Å². The Kier molecular flexibility index (Phi) is 5.73. The molecular weight excluding hydrogens is 409 g/mol. The Morgan fingerprint density at radius 1 is 1.10 bits per heavy atom. The molecule has 0 aliphatic carbocycles. The molecule has 29 heavy (non-hydrogen) atoms. The minimum atomic E-state index is -0.386. The minimum absolute atomic E-state index is 0.0506. The van der Waals surface area contributed by atoms with Crippen molar-refractivity contribution in [1.29, 1.82) is 0 Å². The Labute approximate surface area is 174 Å². The van der Waals surface area contributed by atoms with Crippen molar-refractivity contribution < 1.29 is 9.18 Å². The highest BCUT2D eigenvalue weighted by molar-refractivity contribution is 7.99. The summed E-state index contributed by atoms with van der Waals surface area (Å²) in [7, 11) is 0. The van der Waals surface area contributed by atoms with E-state index < -0.39 is 0 Å². The molecular formula is C21H16FN3O2S2. The summed E-state index contributed by atoms with van der Waals surface area (Å²) in [5.41, 5.74) is 1.43. The van der Waals surface area contributed by atoms with Crippen LogP contribution in [0.3, 0.4) is 0 Å². The summed E-state index contributed by atoms with van der Waals surface area (Å²) < 4.78 is 16.1. The van der Waals surface area contributed by atoms with E-state index in [2.05, 4.69) is 10.3 Å². The van der Waals surface area contributed by atoms with E-state index in [1.807, 2.05) is 18.2 Å². The Morgan fingerprint density at radius 2 is 1.86 bits per heavy atom. The molecule has 8 heteroatoms. The second kappa shape index (κ2) is 8.59. The second-order valence-corrected chi connectivity index (χ2v) is 8.07. The van der Waals surface area contributed by atoms with Gasteiger partial charge in [-0.25, -0.2) is 9.37 Å². The van der Waals surface area contributed by atoms with Crippen LogP contribution >= 0.6 is 23.1 Å². The van der Waals surface area contributed by atoms with Gasteiger partial charge in [0, 0.05) is 11.3 Å². The highest BCUT2D eigenvalue weighted by Crippen LogP contribution is 2.22. The van der Waals surface area contributed by atoms with Crippen molar-refractivity contribution >= 4 is 44.9 Å². The molecule has 0 atom stereocenters. The summed E-state index contributed by atoms with van der Waals surface area (Å²) in [6.45, 7) is 0.0506. The first-order chi connectivity index (χ1) is 14.1. The molecule has 0 fully saturated rings. The molecule has 0 saturated carbocycles. The van der Waals surface area contributed by atoms with Crippen molar-refractivity contribution in [3.63, 3.8) is 0 Å². The summed E-state index contributed by atoms with van der Waals surface area (Å²) in [6.07, 6.45) is 0. The molecule has 1 N–H and O–H groups in total. The number of hydrogen-bond donors (Lipinski definition) is 1.